The predicted octanol–water partition coefficient (Wildman–Crippen LogP) is 2.68. The topological polar surface area (TPSA) is 72.0 Å². The number of nitrogens with zero attached hydrogens (tertiary/aromatic N) is 1. The molecule has 7 heteroatoms. The first kappa shape index (κ1) is 21.2. The van der Waals surface area contributed by atoms with E-state index in [2.05, 4.69) is 35.7 Å². The number of thioether (sulfide) groups is 1. The largest absolute Gasteiger partial charge is 0.496 e. The average molecular weight is 368 g/mol. The van der Waals surface area contributed by atoms with Crippen LogP contribution in [0.1, 0.15) is 36.7 Å². The minimum atomic E-state index is -0.422. The molecule has 0 unspecified atom stereocenters. The normalized spacial score (nSPS) is 11.8. The average Bonchev–Trinajstić information content (AvgIpc) is 2.63. The smallest absolute Gasteiger partial charge is 0.341 e. The quantitative estimate of drug-likeness (QED) is 0.418. The summed E-state index contributed by atoms with van der Waals surface area (Å²) in [6, 6.07) is 5.40. The Morgan fingerprint density at radius 1 is 1.28 bits per heavy atom. The lowest BCUT2D eigenvalue weighted by atomic mass is 10.1. The summed E-state index contributed by atoms with van der Waals surface area (Å²) in [4.78, 5) is 16.5. The van der Waals surface area contributed by atoms with Crippen molar-refractivity contribution in [3.63, 3.8) is 0 Å². The van der Waals surface area contributed by atoms with Gasteiger partial charge in [-0.1, -0.05) is 6.07 Å². The molecule has 0 amide bonds. The van der Waals surface area contributed by atoms with Crippen LogP contribution < -0.4 is 15.4 Å². The summed E-state index contributed by atoms with van der Waals surface area (Å²) in [5.41, 5.74) is 1.31. The van der Waals surface area contributed by atoms with Crippen molar-refractivity contribution in [3.8, 4) is 5.75 Å². The van der Waals surface area contributed by atoms with Crippen LogP contribution in [0.15, 0.2) is 23.2 Å². The first-order chi connectivity index (χ1) is 11.9. The van der Waals surface area contributed by atoms with Crippen LogP contribution in [0.5, 0.6) is 5.75 Å². The van der Waals surface area contributed by atoms with E-state index in [-0.39, 0.29) is 4.75 Å². The lowest BCUT2D eigenvalue weighted by Gasteiger charge is -2.23. The van der Waals surface area contributed by atoms with Gasteiger partial charge in [0, 0.05) is 17.8 Å². The Kier molecular flexibility index (Phi) is 8.61. The molecule has 0 fully saturated rings. The number of carbonyl (C=O) groups is 1. The fourth-order valence-electron chi connectivity index (χ4n) is 2.00. The van der Waals surface area contributed by atoms with Crippen LogP contribution in [-0.2, 0) is 11.3 Å². The summed E-state index contributed by atoms with van der Waals surface area (Å²) in [5, 5.41) is 6.59. The maximum atomic E-state index is 11.9. The minimum absolute atomic E-state index is 0.119. The van der Waals surface area contributed by atoms with Crippen LogP contribution in [0.2, 0.25) is 0 Å². The number of rotatable bonds is 8. The lowest BCUT2D eigenvalue weighted by molar-refractivity contribution is 0.0597. The Labute approximate surface area is 154 Å². The molecule has 0 atom stereocenters. The number of aliphatic imine (C=N–C) groups is 1. The van der Waals surface area contributed by atoms with Crippen molar-refractivity contribution in [1.29, 1.82) is 0 Å². The molecular weight excluding hydrogens is 338 g/mol. The first-order valence-electron chi connectivity index (χ1n) is 8.19. The minimum Gasteiger partial charge on any atom is -0.496 e. The van der Waals surface area contributed by atoms with Crippen LogP contribution in [0.4, 0.5) is 0 Å². The maximum Gasteiger partial charge on any atom is 0.341 e. The Morgan fingerprint density at radius 3 is 2.56 bits per heavy atom. The van der Waals surface area contributed by atoms with Gasteiger partial charge in [0.15, 0.2) is 5.96 Å². The number of esters is 1. The lowest BCUT2D eigenvalue weighted by Crippen LogP contribution is -2.43. The van der Waals surface area contributed by atoms with E-state index in [0.717, 1.165) is 24.6 Å². The van der Waals surface area contributed by atoms with Gasteiger partial charge < -0.3 is 20.1 Å². The fraction of sp³-hybridized carbons (Fsp3) is 0.556. The van der Waals surface area contributed by atoms with Gasteiger partial charge in [-0.2, -0.15) is 11.8 Å². The third kappa shape index (κ3) is 6.86. The zero-order chi connectivity index (χ0) is 18.9. The van der Waals surface area contributed by atoms with Crippen LogP contribution in [-0.4, -0.2) is 50.2 Å². The standard InChI is InChI=1S/C18H29N3O3S/c1-7-19-17(21-12-18(2,3)25-6)20-11-13-8-9-15(23-4)14(10-13)16(22)24-5/h8-10H,7,11-12H2,1-6H3,(H2,19,20,21). The molecule has 0 bridgehead atoms. The summed E-state index contributed by atoms with van der Waals surface area (Å²) in [7, 11) is 2.88. The van der Waals surface area contributed by atoms with Gasteiger partial charge >= 0.3 is 5.97 Å². The highest BCUT2D eigenvalue weighted by Crippen LogP contribution is 2.21. The molecule has 0 spiro atoms. The Balaban J connectivity index is 2.89. The predicted molar refractivity (Wildman–Crippen MR) is 105 cm³/mol. The second-order valence-electron chi connectivity index (χ2n) is 6.04. The second kappa shape index (κ2) is 10.2. The molecule has 140 valence electrons. The van der Waals surface area contributed by atoms with Crippen molar-refractivity contribution in [2.75, 3.05) is 33.6 Å². The van der Waals surface area contributed by atoms with Gasteiger partial charge in [-0.05, 0) is 44.7 Å². The molecule has 1 rings (SSSR count). The van der Waals surface area contributed by atoms with Gasteiger partial charge in [0.05, 0.1) is 20.8 Å². The Hall–Kier alpha value is -1.89. The molecule has 0 aliphatic carbocycles. The molecule has 0 aromatic heterocycles. The van der Waals surface area contributed by atoms with Crippen LogP contribution >= 0.6 is 11.8 Å². The van der Waals surface area contributed by atoms with Gasteiger partial charge in [-0.25, -0.2) is 9.79 Å². The van der Waals surface area contributed by atoms with E-state index in [9.17, 15) is 4.79 Å². The third-order valence-electron chi connectivity index (χ3n) is 3.67. The molecule has 0 aliphatic heterocycles. The molecule has 6 nitrogen and oxygen atoms in total. The van der Waals surface area contributed by atoms with E-state index in [0.29, 0.717) is 17.9 Å². The number of carbonyl (C=O) groups excluding carboxylic acids is 1. The van der Waals surface area contributed by atoms with Gasteiger partial charge in [0.1, 0.15) is 11.3 Å². The molecule has 2 N–H and O–H groups in total. The summed E-state index contributed by atoms with van der Waals surface area (Å²) < 4.78 is 10.1. The van der Waals surface area contributed by atoms with E-state index in [4.69, 9.17) is 9.47 Å². The van der Waals surface area contributed by atoms with Crippen molar-refractivity contribution in [2.24, 2.45) is 4.99 Å². The monoisotopic (exact) mass is 367 g/mol. The number of guanidine groups is 1. The second-order valence-corrected chi connectivity index (χ2v) is 7.55. The van der Waals surface area contributed by atoms with E-state index in [1.54, 1.807) is 23.9 Å². The van der Waals surface area contributed by atoms with Crippen molar-refractivity contribution >= 4 is 23.7 Å². The van der Waals surface area contributed by atoms with Crippen molar-refractivity contribution in [3.05, 3.63) is 29.3 Å². The number of hydrogen-bond donors (Lipinski definition) is 2. The highest BCUT2D eigenvalue weighted by molar-refractivity contribution is 7.99. The van der Waals surface area contributed by atoms with Crippen molar-refractivity contribution in [2.45, 2.75) is 32.1 Å². The van der Waals surface area contributed by atoms with Crippen LogP contribution in [0.3, 0.4) is 0 Å². The molecule has 1 aromatic rings. The zero-order valence-electron chi connectivity index (χ0n) is 15.9. The van der Waals surface area contributed by atoms with Crippen LogP contribution in [0.25, 0.3) is 0 Å². The van der Waals surface area contributed by atoms with Gasteiger partial charge in [0.25, 0.3) is 0 Å². The molecule has 0 heterocycles. The van der Waals surface area contributed by atoms with Crippen LogP contribution in [0, 0.1) is 0 Å². The summed E-state index contributed by atoms with van der Waals surface area (Å²) >= 11 is 1.80. The molecule has 0 saturated carbocycles. The maximum absolute atomic E-state index is 11.9. The van der Waals surface area contributed by atoms with Gasteiger partial charge in [-0.15, -0.1) is 0 Å². The summed E-state index contributed by atoms with van der Waals surface area (Å²) in [6.07, 6.45) is 2.09. The Bertz CT molecular complexity index is 603. The number of benzene rings is 1. The molecule has 0 aliphatic rings. The third-order valence-corrected chi connectivity index (χ3v) is 4.92. The molecule has 0 saturated heterocycles. The highest BCUT2D eigenvalue weighted by Gasteiger charge is 2.16. The van der Waals surface area contributed by atoms with E-state index in [1.807, 2.05) is 13.0 Å². The summed E-state index contributed by atoms with van der Waals surface area (Å²) in [6.45, 7) is 8.42. The Morgan fingerprint density at radius 2 is 2.00 bits per heavy atom. The van der Waals surface area contributed by atoms with Gasteiger partial charge in [-0.3, -0.25) is 0 Å². The van der Waals surface area contributed by atoms with E-state index < -0.39 is 5.97 Å². The zero-order valence-corrected chi connectivity index (χ0v) is 16.8. The molecule has 0 radical (unpaired) electrons. The number of ether oxygens (including phenoxy) is 2. The van der Waals surface area contributed by atoms with Crippen molar-refractivity contribution < 1.29 is 14.3 Å². The van der Waals surface area contributed by atoms with Crippen molar-refractivity contribution in [1.82, 2.24) is 10.6 Å². The fourth-order valence-corrected chi connectivity index (χ4v) is 2.22. The summed E-state index contributed by atoms with van der Waals surface area (Å²) in [5.74, 6) is 0.820. The number of hydrogen-bond acceptors (Lipinski definition) is 5. The van der Waals surface area contributed by atoms with E-state index >= 15 is 0 Å². The molecule has 1 aromatic carbocycles. The SMILES string of the molecule is CCNC(=NCc1ccc(OC)c(C(=O)OC)c1)NCC(C)(C)SC. The number of methoxy groups -OCH3 is 2. The van der Waals surface area contributed by atoms with Gasteiger partial charge in [0.2, 0.25) is 0 Å². The van der Waals surface area contributed by atoms with E-state index in [1.165, 1.54) is 14.2 Å². The first-order valence-corrected chi connectivity index (χ1v) is 9.42. The molecular formula is C18H29N3O3S. The molecule has 25 heavy (non-hydrogen) atoms. The number of nitrogens with one attached hydrogen (secondary N) is 2. The highest BCUT2D eigenvalue weighted by atomic mass is 32.2.